The molecule has 0 heterocycles. The number of carbonyl (C=O) groups excluding carboxylic acids is 2. The summed E-state index contributed by atoms with van der Waals surface area (Å²) in [6.45, 7) is 10.5. The molecule has 150 valence electrons. The van der Waals surface area contributed by atoms with Gasteiger partial charge in [-0.25, -0.2) is 0 Å². The van der Waals surface area contributed by atoms with Gasteiger partial charge in [-0.3, -0.25) is 20.4 Å². The van der Waals surface area contributed by atoms with E-state index in [0.29, 0.717) is 23.7 Å². The summed E-state index contributed by atoms with van der Waals surface area (Å²) >= 11 is 0. The fourth-order valence-electron chi connectivity index (χ4n) is 2.45. The Labute approximate surface area is 166 Å². The molecule has 0 aliphatic carbocycles. The van der Waals surface area contributed by atoms with Crippen LogP contribution in [-0.4, -0.2) is 24.5 Å². The van der Waals surface area contributed by atoms with E-state index in [-0.39, 0.29) is 5.41 Å². The lowest BCUT2D eigenvalue weighted by Crippen LogP contribution is -2.47. The lowest BCUT2D eigenvalue weighted by atomic mass is 9.87. The highest BCUT2D eigenvalue weighted by Gasteiger charge is 2.17. The van der Waals surface area contributed by atoms with Crippen LogP contribution in [0.3, 0.4) is 0 Å². The van der Waals surface area contributed by atoms with Crippen molar-refractivity contribution in [2.45, 2.75) is 46.1 Å². The predicted octanol–water partition coefficient (Wildman–Crippen LogP) is 3.61. The van der Waals surface area contributed by atoms with E-state index in [1.54, 1.807) is 31.2 Å². The molecule has 2 amide bonds. The highest BCUT2D eigenvalue weighted by molar-refractivity contribution is 5.95. The summed E-state index contributed by atoms with van der Waals surface area (Å²) in [5, 5.41) is 0. The summed E-state index contributed by atoms with van der Waals surface area (Å²) in [7, 11) is 0. The Balaban J connectivity index is 1.85. The molecule has 0 fully saturated rings. The second-order valence-electron chi connectivity index (χ2n) is 7.44. The second kappa shape index (κ2) is 9.26. The molecule has 6 heteroatoms. The number of hydrazine groups is 1. The van der Waals surface area contributed by atoms with Crippen molar-refractivity contribution in [1.29, 1.82) is 0 Å². The first kappa shape index (κ1) is 21.3. The summed E-state index contributed by atoms with van der Waals surface area (Å²) in [6, 6.07) is 14.3. The molecule has 0 saturated heterocycles. The minimum Gasteiger partial charge on any atom is -0.494 e. The monoisotopic (exact) mass is 384 g/mol. The van der Waals surface area contributed by atoms with Crippen LogP contribution in [0, 0.1) is 0 Å². The summed E-state index contributed by atoms with van der Waals surface area (Å²) in [4.78, 5) is 24.3. The number of benzene rings is 2. The minimum atomic E-state index is -0.763. The van der Waals surface area contributed by atoms with E-state index in [1.165, 1.54) is 5.56 Å². The van der Waals surface area contributed by atoms with Gasteiger partial charge in [0.05, 0.1) is 6.61 Å². The van der Waals surface area contributed by atoms with Crippen molar-refractivity contribution in [1.82, 2.24) is 10.9 Å². The van der Waals surface area contributed by atoms with Gasteiger partial charge in [0, 0.05) is 5.56 Å². The maximum Gasteiger partial charge on any atom is 0.279 e. The van der Waals surface area contributed by atoms with Crippen molar-refractivity contribution >= 4 is 11.8 Å². The molecular weight excluding hydrogens is 356 g/mol. The molecule has 0 aliphatic rings. The van der Waals surface area contributed by atoms with E-state index in [2.05, 4.69) is 31.6 Å². The zero-order valence-electron chi connectivity index (χ0n) is 17.0. The van der Waals surface area contributed by atoms with Crippen molar-refractivity contribution < 1.29 is 19.1 Å². The van der Waals surface area contributed by atoms with Crippen molar-refractivity contribution in [2.24, 2.45) is 0 Å². The van der Waals surface area contributed by atoms with Gasteiger partial charge < -0.3 is 9.47 Å². The fourth-order valence-corrected chi connectivity index (χ4v) is 2.45. The maximum atomic E-state index is 12.2. The third-order valence-electron chi connectivity index (χ3n) is 4.13. The van der Waals surface area contributed by atoms with Crippen LogP contribution in [0.1, 0.15) is 50.5 Å². The minimum absolute atomic E-state index is 0.0483. The summed E-state index contributed by atoms with van der Waals surface area (Å²) < 4.78 is 11.0. The van der Waals surface area contributed by atoms with Crippen LogP contribution in [0.4, 0.5) is 0 Å². The van der Waals surface area contributed by atoms with Crippen molar-refractivity contribution in [3.05, 3.63) is 59.7 Å². The van der Waals surface area contributed by atoms with Gasteiger partial charge in [-0.05, 0) is 61.2 Å². The zero-order valence-corrected chi connectivity index (χ0v) is 17.0. The van der Waals surface area contributed by atoms with Gasteiger partial charge in [0.1, 0.15) is 11.5 Å². The Morgan fingerprint density at radius 1 is 0.929 bits per heavy atom. The molecule has 0 bridgehead atoms. The highest BCUT2D eigenvalue weighted by atomic mass is 16.5. The largest absolute Gasteiger partial charge is 0.494 e. The molecule has 0 aliphatic heterocycles. The van der Waals surface area contributed by atoms with Crippen LogP contribution < -0.4 is 20.3 Å². The number of nitrogens with one attached hydrogen (secondary N) is 2. The van der Waals surface area contributed by atoms with E-state index >= 15 is 0 Å². The number of hydrogen-bond acceptors (Lipinski definition) is 4. The average molecular weight is 384 g/mol. The Bertz CT molecular complexity index is 793. The van der Waals surface area contributed by atoms with Gasteiger partial charge in [-0.2, -0.15) is 0 Å². The predicted molar refractivity (Wildman–Crippen MR) is 108 cm³/mol. The topological polar surface area (TPSA) is 76.7 Å². The number of carbonyl (C=O) groups is 2. The Hall–Kier alpha value is -3.02. The molecule has 0 radical (unpaired) electrons. The highest BCUT2D eigenvalue weighted by Crippen LogP contribution is 2.24. The van der Waals surface area contributed by atoms with Crippen molar-refractivity contribution in [3.8, 4) is 11.5 Å². The summed E-state index contributed by atoms with van der Waals surface area (Å²) in [5.41, 5.74) is 6.41. The van der Waals surface area contributed by atoms with Crippen molar-refractivity contribution in [2.75, 3.05) is 6.61 Å². The van der Waals surface area contributed by atoms with E-state index in [0.717, 1.165) is 0 Å². The van der Waals surface area contributed by atoms with Crippen LogP contribution in [0.15, 0.2) is 48.5 Å². The normalized spacial score (nSPS) is 12.0. The first-order valence-electron chi connectivity index (χ1n) is 9.31. The van der Waals surface area contributed by atoms with Gasteiger partial charge in [-0.15, -0.1) is 0 Å². The van der Waals surface area contributed by atoms with Gasteiger partial charge >= 0.3 is 0 Å². The standard InChI is InChI=1S/C22H28N2O4/c1-6-27-18-11-7-16(8-12-18)21(26)24-23-20(25)15(2)28-19-13-9-17(10-14-19)22(3,4)5/h7-15H,6H2,1-5H3,(H,23,25)(H,24,26)/t15-/m0/s1. The molecule has 2 aromatic carbocycles. The summed E-state index contributed by atoms with van der Waals surface area (Å²) in [6.07, 6.45) is -0.763. The third-order valence-corrected chi connectivity index (χ3v) is 4.13. The molecule has 28 heavy (non-hydrogen) atoms. The molecule has 6 nitrogen and oxygen atoms in total. The number of amides is 2. The van der Waals surface area contributed by atoms with E-state index in [9.17, 15) is 9.59 Å². The second-order valence-corrected chi connectivity index (χ2v) is 7.44. The van der Waals surface area contributed by atoms with Gasteiger partial charge in [0.15, 0.2) is 6.10 Å². The zero-order chi connectivity index (χ0) is 20.7. The average Bonchev–Trinajstić information content (AvgIpc) is 2.66. The molecule has 0 aromatic heterocycles. The molecule has 0 saturated carbocycles. The van der Waals surface area contributed by atoms with Crippen LogP contribution >= 0.6 is 0 Å². The SMILES string of the molecule is CCOc1ccc(C(=O)NNC(=O)[C@H](C)Oc2ccc(C(C)(C)C)cc2)cc1. The number of ether oxygens (including phenoxy) is 2. The van der Waals surface area contributed by atoms with Crippen molar-refractivity contribution in [3.63, 3.8) is 0 Å². The lowest BCUT2D eigenvalue weighted by molar-refractivity contribution is -0.128. The molecule has 0 unspecified atom stereocenters. The van der Waals surface area contributed by atoms with Gasteiger partial charge in [-0.1, -0.05) is 32.9 Å². The van der Waals surface area contributed by atoms with Gasteiger partial charge in [0.25, 0.3) is 11.8 Å². The van der Waals surface area contributed by atoms with Crippen LogP contribution in [0.2, 0.25) is 0 Å². The van der Waals surface area contributed by atoms with Gasteiger partial charge in [0.2, 0.25) is 0 Å². The molecular formula is C22H28N2O4. The maximum absolute atomic E-state index is 12.2. The smallest absolute Gasteiger partial charge is 0.279 e. The number of hydrogen-bond donors (Lipinski definition) is 2. The Kier molecular flexibility index (Phi) is 7.04. The van der Waals surface area contributed by atoms with Crippen LogP contribution in [0.25, 0.3) is 0 Å². The van der Waals surface area contributed by atoms with E-state index < -0.39 is 17.9 Å². The first-order chi connectivity index (χ1) is 13.2. The molecule has 2 N–H and O–H groups in total. The summed E-state index contributed by atoms with van der Waals surface area (Å²) in [5.74, 6) is 0.411. The van der Waals surface area contributed by atoms with Crippen LogP contribution in [0.5, 0.6) is 11.5 Å². The molecule has 2 rings (SSSR count). The Morgan fingerprint density at radius 3 is 2.04 bits per heavy atom. The fraction of sp³-hybridized carbons (Fsp3) is 0.364. The Morgan fingerprint density at radius 2 is 1.50 bits per heavy atom. The third kappa shape index (κ3) is 6.01. The lowest BCUT2D eigenvalue weighted by Gasteiger charge is -2.20. The first-order valence-corrected chi connectivity index (χ1v) is 9.31. The quantitative estimate of drug-likeness (QED) is 0.746. The molecule has 2 aromatic rings. The van der Waals surface area contributed by atoms with E-state index in [1.807, 2.05) is 31.2 Å². The van der Waals surface area contributed by atoms with E-state index in [4.69, 9.17) is 9.47 Å². The molecule has 1 atom stereocenters. The van der Waals surface area contributed by atoms with Crippen LogP contribution in [-0.2, 0) is 10.2 Å². The number of rotatable bonds is 6. The molecule has 0 spiro atoms.